The Morgan fingerprint density at radius 3 is 2.00 bits per heavy atom. The molecule has 0 bridgehead atoms. The lowest BCUT2D eigenvalue weighted by Gasteiger charge is -2.25. The summed E-state index contributed by atoms with van der Waals surface area (Å²) in [6.07, 6.45) is 3.29. The summed E-state index contributed by atoms with van der Waals surface area (Å²) in [5, 5.41) is 9.46. The third-order valence-electron chi connectivity index (χ3n) is 1.85. The Kier molecular flexibility index (Phi) is 4.62. The normalized spacial score (nSPS) is 11.2. The summed E-state index contributed by atoms with van der Waals surface area (Å²) in [6.45, 7) is 5.79. The zero-order valence-electron chi connectivity index (χ0n) is 8.00. The lowest BCUT2D eigenvalue weighted by atomic mass is 9.95. The van der Waals surface area contributed by atoms with Crippen LogP contribution >= 0.6 is 0 Å². The van der Waals surface area contributed by atoms with Gasteiger partial charge >= 0.3 is 0 Å². The summed E-state index contributed by atoms with van der Waals surface area (Å²) in [5.74, 6) is 0. The molecule has 0 aliphatic rings. The summed E-state index contributed by atoms with van der Waals surface area (Å²) in [4.78, 5) is 14.8. The summed E-state index contributed by atoms with van der Waals surface area (Å²) in [6, 6.07) is 0. The molecule has 0 amide bonds. The van der Waals surface area contributed by atoms with E-state index in [0.29, 0.717) is 0 Å². The monoisotopic (exact) mass is 175 g/mol. The van der Waals surface area contributed by atoms with Crippen molar-refractivity contribution < 1.29 is 9.92 Å². The lowest BCUT2D eigenvalue weighted by molar-refractivity contribution is -0.780. The van der Waals surface area contributed by atoms with Gasteiger partial charge in [0.2, 0.25) is 0 Å². The molecule has 12 heavy (non-hydrogen) atoms. The Bertz CT molecular complexity index is 141. The predicted octanol–water partition coefficient (Wildman–Crippen LogP) is 2.55. The van der Waals surface area contributed by atoms with Crippen LogP contribution in [0.2, 0.25) is 0 Å². The smallest absolute Gasteiger partial charge is 0.295 e. The van der Waals surface area contributed by atoms with Crippen LogP contribution in [0.4, 0.5) is 0 Å². The zero-order chi connectivity index (χ0) is 9.61. The molecule has 0 saturated heterocycles. The molecule has 0 aromatic rings. The molecular formula is C8H17NO3. The molecule has 4 nitrogen and oxygen atoms in total. The molecule has 0 fully saturated rings. The van der Waals surface area contributed by atoms with Gasteiger partial charge in [0.15, 0.2) is 0 Å². The minimum atomic E-state index is -0.689. The molecule has 0 spiro atoms. The molecule has 72 valence electrons. The second kappa shape index (κ2) is 4.95. The first-order valence-corrected chi connectivity index (χ1v) is 4.37. The van der Waals surface area contributed by atoms with Gasteiger partial charge in [-0.05, 0) is 19.8 Å². The molecule has 0 rings (SSSR count). The lowest BCUT2D eigenvalue weighted by Crippen LogP contribution is -2.31. The molecule has 0 aliphatic heterocycles. The highest BCUT2D eigenvalue weighted by atomic mass is 17.0. The zero-order valence-corrected chi connectivity index (χ0v) is 8.00. The van der Waals surface area contributed by atoms with Gasteiger partial charge < -0.3 is 4.84 Å². The van der Waals surface area contributed by atoms with Crippen LogP contribution < -0.4 is 0 Å². The van der Waals surface area contributed by atoms with E-state index in [-0.39, 0.29) is 0 Å². The predicted molar refractivity (Wildman–Crippen MR) is 46.3 cm³/mol. The van der Waals surface area contributed by atoms with Crippen LogP contribution in [0.25, 0.3) is 0 Å². The maximum absolute atomic E-state index is 10.1. The third kappa shape index (κ3) is 4.16. The van der Waals surface area contributed by atoms with E-state index in [9.17, 15) is 10.1 Å². The van der Waals surface area contributed by atoms with E-state index in [1.807, 2.05) is 13.8 Å². The van der Waals surface area contributed by atoms with Gasteiger partial charge in [0.25, 0.3) is 5.09 Å². The number of hydrogen-bond donors (Lipinski definition) is 0. The first-order chi connectivity index (χ1) is 5.54. The Morgan fingerprint density at radius 2 is 1.75 bits per heavy atom. The molecule has 0 aromatic carbocycles. The van der Waals surface area contributed by atoms with Crippen LogP contribution in [-0.2, 0) is 4.84 Å². The first kappa shape index (κ1) is 11.2. The second-order valence-corrected chi connectivity index (χ2v) is 3.26. The summed E-state index contributed by atoms with van der Waals surface area (Å²) >= 11 is 0. The molecule has 0 heterocycles. The van der Waals surface area contributed by atoms with Gasteiger partial charge in [0.05, 0.1) is 0 Å². The van der Waals surface area contributed by atoms with Crippen molar-refractivity contribution in [1.29, 1.82) is 0 Å². The van der Waals surface area contributed by atoms with E-state index in [2.05, 4.69) is 4.84 Å². The van der Waals surface area contributed by atoms with Crippen molar-refractivity contribution in [3.05, 3.63) is 10.1 Å². The van der Waals surface area contributed by atoms with E-state index < -0.39 is 10.7 Å². The number of hydrogen-bond acceptors (Lipinski definition) is 3. The average molecular weight is 175 g/mol. The Hall–Kier alpha value is -0.800. The highest BCUT2D eigenvalue weighted by molar-refractivity contribution is 4.71. The van der Waals surface area contributed by atoms with Crippen molar-refractivity contribution in [3.63, 3.8) is 0 Å². The van der Waals surface area contributed by atoms with Crippen molar-refractivity contribution in [2.45, 2.75) is 52.1 Å². The van der Waals surface area contributed by atoms with E-state index >= 15 is 0 Å². The van der Waals surface area contributed by atoms with E-state index in [4.69, 9.17) is 0 Å². The van der Waals surface area contributed by atoms with Crippen LogP contribution in [0.5, 0.6) is 0 Å². The average Bonchev–Trinajstić information content (AvgIpc) is 1.85. The molecule has 0 aromatic heterocycles. The van der Waals surface area contributed by atoms with Gasteiger partial charge in [-0.1, -0.05) is 26.7 Å². The molecule has 0 aliphatic carbocycles. The van der Waals surface area contributed by atoms with Crippen LogP contribution in [0, 0.1) is 10.1 Å². The molecule has 0 unspecified atom stereocenters. The second-order valence-electron chi connectivity index (χ2n) is 3.26. The van der Waals surface area contributed by atoms with Crippen LogP contribution in [-0.4, -0.2) is 10.7 Å². The minimum absolute atomic E-state index is 0.576. The fourth-order valence-electron chi connectivity index (χ4n) is 1.45. The van der Waals surface area contributed by atoms with Crippen molar-refractivity contribution in [2.75, 3.05) is 0 Å². The minimum Gasteiger partial charge on any atom is -0.308 e. The summed E-state index contributed by atoms with van der Waals surface area (Å²) < 4.78 is 0. The Balaban J connectivity index is 4.07. The van der Waals surface area contributed by atoms with Gasteiger partial charge in [-0.3, -0.25) is 0 Å². The largest absolute Gasteiger partial charge is 0.308 e. The van der Waals surface area contributed by atoms with Gasteiger partial charge in [-0.2, -0.15) is 0 Å². The summed E-state index contributed by atoms with van der Waals surface area (Å²) in [5.41, 5.74) is -0.576. The molecule has 0 saturated carbocycles. The van der Waals surface area contributed by atoms with Crippen LogP contribution in [0.1, 0.15) is 46.5 Å². The SMILES string of the molecule is CCCC(C)(CCC)O[N+](=O)[O-]. The third-order valence-corrected chi connectivity index (χ3v) is 1.85. The number of nitrogens with zero attached hydrogens (tertiary/aromatic N) is 1. The first-order valence-electron chi connectivity index (χ1n) is 4.37. The molecular weight excluding hydrogens is 158 g/mol. The standard InChI is InChI=1S/C8H17NO3/c1-4-6-8(3,7-5-2)12-9(10)11/h4-7H2,1-3H3. The topological polar surface area (TPSA) is 52.4 Å². The fourth-order valence-corrected chi connectivity index (χ4v) is 1.45. The van der Waals surface area contributed by atoms with Crippen LogP contribution in [0.3, 0.4) is 0 Å². The van der Waals surface area contributed by atoms with Gasteiger partial charge in [-0.15, -0.1) is 10.1 Å². The van der Waals surface area contributed by atoms with Gasteiger partial charge in [-0.25, -0.2) is 0 Å². The van der Waals surface area contributed by atoms with Crippen LogP contribution in [0.15, 0.2) is 0 Å². The van der Waals surface area contributed by atoms with Crippen molar-refractivity contribution >= 4 is 0 Å². The van der Waals surface area contributed by atoms with Crippen molar-refractivity contribution in [3.8, 4) is 0 Å². The highest BCUT2D eigenvalue weighted by Crippen LogP contribution is 2.23. The molecule has 4 heteroatoms. The highest BCUT2D eigenvalue weighted by Gasteiger charge is 2.26. The molecule has 0 atom stereocenters. The van der Waals surface area contributed by atoms with Gasteiger partial charge in [0.1, 0.15) is 5.60 Å². The number of rotatable bonds is 6. The van der Waals surface area contributed by atoms with E-state index in [1.165, 1.54) is 0 Å². The van der Waals surface area contributed by atoms with E-state index in [1.54, 1.807) is 6.92 Å². The van der Waals surface area contributed by atoms with Crippen molar-refractivity contribution in [2.24, 2.45) is 0 Å². The van der Waals surface area contributed by atoms with E-state index in [0.717, 1.165) is 25.7 Å². The maximum Gasteiger partial charge on any atom is 0.295 e. The Labute approximate surface area is 73.0 Å². The fraction of sp³-hybridized carbons (Fsp3) is 1.00. The van der Waals surface area contributed by atoms with Crippen molar-refractivity contribution in [1.82, 2.24) is 0 Å². The Morgan fingerprint density at radius 1 is 1.33 bits per heavy atom. The quantitative estimate of drug-likeness (QED) is 0.460. The van der Waals surface area contributed by atoms with Gasteiger partial charge in [0, 0.05) is 0 Å². The summed E-state index contributed by atoms with van der Waals surface area (Å²) in [7, 11) is 0. The molecule has 0 radical (unpaired) electrons. The molecule has 0 N–H and O–H groups in total. The maximum atomic E-state index is 10.1.